The molecule has 0 radical (unpaired) electrons. The van der Waals surface area contributed by atoms with Crippen LogP contribution in [0.5, 0.6) is 0 Å². The van der Waals surface area contributed by atoms with Gasteiger partial charge < -0.3 is 20.6 Å². The first-order chi connectivity index (χ1) is 9.09. The third-order valence-corrected chi connectivity index (χ3v) is 3.14. The van der Waals surface area contributed by atoms with Gasteiger partial charge in [0.25, 0.3) is 0 Å². The maximum atomic E-state index is 11.7. The molecule has 19 heavy (non-hydrogen) atoms. The van der Waals surface area contributed by atoms with Gasteiger partial charge in [0, 0.05) is 59.3 Å². The lowest BCUT2D eigenvalue weighted by molar-refractivity contribution is -0.137. The number of piperazine rings is 1. The molecule has 1 rings (SSSR count). The first-order valence-corrected chi connectivity index (χ1v) is 6.73. The van der Waals surface area contributed by atoms with Gasteiger partial charge in [-0.25, -0.2) is 4.79 Å². The number of carbonyl (C=O) groups excluding carboxylic acids is 1. The summed E-state index contributed by atoms with van der Waals surface area (Å²) in [5.74, 6) is -0.826. The predicted molar refractivity (Wildman–Crippen MR) is 72.2 cm³/mol. The molecule has 7 heteroatoms. The van der Waals surface area contributed by atoms with Crippen LogP contribution in [0.1, 0.15) is 12.8 Å². The normalized spacial score (nSPS) is 16.1. The Morgan fingerprint density at radius 1 is 1.37 bits per heavy atom. The standard InChI is InChI=1S/C12H24N4O3/c1-15(7-2-3-11(17)18)12(19)14-6-10-16-8-4-13-5-9-16/h13H,2-10H2,1H3,(H,14,19)(H,17,18). The summed E-state index contributed by atoms with van der Waals surface area (Å²) < 4.78 is 0. The molecule has 3 N–H and O–H groups in total. The Bertz CT molecular complexity index is 293. The van der Waals surface area contributed by atoms with Crippen LogP contribution >= 0.6 is 0 Å². The van der Waals surface area contributed by atoms with Gasteiger partial charge in [-0.2, -0.15) is 0 Å². The monoisotopic (exact) mass is 272 g/mol. The van der Waals surface area contributed by atoms with E-state index in [9.17, 15) is 9.59 Å². The Hall–Kier alpha value is -1.34. The molecule has 0 aromatic heterocycles. The van der Waals surface area contributed by atoms with Crippen molar-refractivity contribution in [3.8, 4) is 0 Å². The molecule has 1 aliphatic rings. The molecule has 0 spiro atoms. The number of amides is 2. The second-order valence-electron chi connectivity index (χ2n) is 4.74. The van der Waals surface area contributed by atoms with E-state index in [-0.39, 0.29) is 12.5 Å². The predicted octanol–water partition coefficient (Wildman–Crippen LogP) is -0.602. The minimum Gasteiger partial charge on any atom is -0.481 e. The quantitative estimate of drug-likeness (QED) is 0.576. The average Bonchev–Trinajstić information content (AvgIpc) is 2.39. The van der Waals surface area contributed by atoms with E-state index in [4.69, 9.17) is 5.11 Å². The topological polar surface area (TPSA) is 84.9 Å². The molecule has 110 valence electrons. The number of hydrogen-bond donors (Lipinski definition) is 3. The van der Waals surface area contributed by atoms with Gasteiger partial charge in [-0.3, -0.25) is 9.69 Å². The van der Waals surface area contributed by atoms with Gasteiger partial charge in [-0.05, 0) is 6.42 Å². The first-order valence-electron chi connectivity index (χ1n) is 6.73. The first kappa shape index (κ1) is 15.7. The number of nitrogens with zero attached hydrogens (tertiary/aromatic N) is 2. The van der Waals surface area contributed by atoms with Crippen LogP contribution in [-0.2, 0) is 4.79 Å². The molecule has 0 saturated carbocycles. The van der Waals surface area contributed by atoms with Gasteiger partial charge in [0.2, 0.25) is 0 Å². The van der Waals surface area contributed by atoms with E-state index in [2.05, 4.69) is 15.5 Å². The van der Waals surface area contributed by atoms with Crippen molar-refractivity contribution in [2.45, 2.75) is 12.8 Å². The maximum absolute atomic E-state index is 11.7. The largest absolute Gasteiger partial charge is 0.481 e. The number of hydrogen-bond acceptors (Lipinski definition) is 4. The van der Waals surface area contributed by atoms with Crippen LogP contribution in [0.25, 0.3) is 0 Å². The lowest BCUT2D eigenvalue weighted by Crippen LogP contribution is -2.47. The van der Waals surface area contributed by atoms with E-state index >= 15 is 0 Å². The van der Waals surface area contributed by atoms with Crippen molar-refractivity contribution in [3.63, 3.8) is 0 Å². The third kappa shape index (κ3) is 6.97. The van der Waals surface area contributed by atoms with Crippen LogP contribution in [0.4, 0.5) is 4.79 Å². The summed E-state index contributed by atoms with van der Waals surface area (Å²) >= 11 is 0. The molecule has 0 aromatic carbocycles. The zero-order valence-electron chi connectivity index (χ0n) is 11.5. The van der Waals surface area contributed by atoms with E-state index in [0.717, 1.165) is 32.7 Å². The Kier molecular flexibility index (Phi) is 7.20. The minimum atomic E-state index is -0.826. The van der Waals surface area contributed by atoms with Crippen molar-refractivity contribution < 1.29 is 14.7 Å². The Balaban J connectivity index is 2.06. The highest BCUT2D eigenvalue weighted by Crippen LogP contribution is 1.94. The zero-order valence-corrected chi connectivity index (χ0v) is 11.5. The van der Waals surface area contributed by atoms with Gasteiger partial charge in [0.15, 0.2) is 0 Å². The van der Waals surface area contributed by atoms with Crippen molar-refractivity contribution in [1.29, 1.82) is 0 Å². The van der Waals surface area contributed by atoms with Crippen molar-refractivity contribution in [1.82, 2.24) is 20.4 Å². The van der Waals surface area contributed by atoms with Gasteiger partial charge in [-0.15, -0.1) is 0 Å². The SMILES string of the molecule is CN(CCCC(=O)O)C(=O)NCCN1CCNCC1. The smallest absolute Gasteiger partial charge is 0.317 e. The summed E-state index contributed by atoms with van der Waals surface area (Å²) in [6, 6.07) is -0.138. The summed E-state index contributed by atoms with van der Waals surface area (Å²) in [7, 11) is 1.68. The minimum absolute atomic E-state index is 0.0956. The van der Waals surface area contributed by atoms with Crippen molar-refractivity contribution >= 4 is 12.0 Å². The third-order valence-electron chi connectivity index (χ3n) is 3.14. The number of urea groups is 1. The van der Waals surface area contributed by atoms with Crippen LogP contribution in [0, 0.1) is 0 Å². The molecule has 1 saturated heterocycles. The highest BCUT2D eigenvalue weighted by Gasteiger charge is 2.11. The van der Waals surface area contributed by atoms with Crippen LogP contribution in [0.3, 0.4) is 0 Å². The summed E-state index contributed by atoms with van der Waals surface area (Å²) in [6.45, 7) is 5.99. The van der Waals surface area contributed by atoms with Gasteiger partial charge >= 0.3 is 12.0 Å². The van der Waals surface area contributed by atoms with E-state index in [1.54, 1.807) is 7.05 Å². The molecule has 7 nitrogen and oxygen atoms in total. The number of carbonyl (C=O) groups is 2. The molecule has 0 aliphatic carbocycles. The molecular formula is C12H24N4O3. The maximum Gasteiger partial charge on any atom is 0.317 e. The van der Waals surface area contributed by atoms with Crippen LogP contribution < -0.4 is 10.6 Å². The van der Waals surface area contributed by atoms with Gasteiger partial charge in [-0.1, -0.05) is 0 Å². The molecule has 0 unspecified atom stereocenters. The van der Waals surface area contributed by atoms with Crippen molar-refractivity contribution in [3.05, 3.63) is 0 Å². The number of carboxylic acids is 1. The number of aliphatic carboxylic acids is 1. The number of carboxylic acid groups (broad SMARTS) is 1. The lowest BCUT2D eigenvalue weighted by Gasteiger charge is -2.27. The molecule has 0 aromatic rings. The molecular weight excluding hydrogens is 248 g/mol. The average molecular weight is 272 g/mol. The van der Waals surface area contributed by atoms with Gasteiger partial charge in [0.05, 0.1) is 0 Å². The summed E-state index contributed by atoms with van der Waals surface area (Å²) in [5, 5.41) is 14.6. The van der Waals surface area contributed by atoms with Crippen molar-refractivity contribution in [2.75, 3.05) is 52.9 Å². The molecule has 1 heterocycles. The highest BCUT2D eigenvalue weighted by molar-refractivity contribution is 5.73. The molecule has 2 amide bonds. The van der Waals surface area contributed by atoms with E-state index in [1.807, 2.05) is 0 Å². The summed E-state index contributed by atoms with van der Waals surface area (Å²) in [5.41, 5.74) is 0. The van der Waals surface area contributed by atoms with E-state index < -0.39 is 5.97 Å². The van der Waals surface area contributed by atoms with Crippen molar-refractivity contribution in [2.24, 2.45) is 0 Å². The number of nitrogens with one attached hydrogen (secondary N) is 2. The van der Waals surface area contributed by atoms with E-state index in [0.29, 0.717) is 19.5 Å². The molecule has 1 aliphatic heterocycles. The second-order valence-corrected chi connectivity index (χ2v) is 4.74. The van der Waals surface area contributed by atoms with Crippen LogP contribution in [0.2, 0.25) is 0 Å². The highest BCUT2D eigenvalue weighted by atomic mass is 16.4. The Labute approximate surface area is 113 Å². The van der Waals surface area contributed by atoms with Crippen LogP contribution in [0.15, 0.2) is 0 Å². The fraction of sp³-hybridized carbons (Fsp3) is 0.833. The molecule has 0 atom stereocenters. The summed E-state index contributed by atoms with van der Waals surface area (Å²) in [4.78, 5) is 25.9. The van der Waals surface area contributed by atoms with Gasteiger partial charge in [0.1, 0.15) is 0 Å². The molecule has 0 bridgehead atoms. The summed E-state index contributed by atoms with van der Waals surface area (Å²) in [6.07, 6.45) is 0.579. The van der Waals surface area contributed by atoms with Crippen LogP contribution in [-0.4, -0.2) is 79.8 Å². The fourth-order valence-electron chi connectivity index (χ4n) is 1.96. The number of rotatable bonds is 7. The zero-order chi connectivity index (χ0) is 14.1. The lowest BCUT2D eigenvalue weighted by atomic mass is 10.3. The second kappa shape index (κ2) is 8.71. The van der Waals surface area contributed by atoms with E-state index in [1.165, 1.54) is 4.90 Å². The Morgan fingerprint density at radius 3 is 2.68 bits per heavy atom. The molecule has 1 fully saturated rings. The Morgan fingerprint density at radius 2 is 2.05 bits per heavy atom. The fourth-order valence-corrected chi connectivity index (χ4v) is 1.96.